The van der Waals surface area contributed by atoms with Crippen LogP contribution in [0.2, 0.25) is 0 Å². The number of anilines is 2. The molecule has 0 fully saturated rings. The number of carbonyl (C=O) groups excluding carboxylic acids is 1. The minimum Gasteiger partial charge on any atom is -0.462 e. The first-order valence-electron chi connectivity index (χ1n) is 8.34. The number of hydrogen-bond donors (Lipinski definition) is 1. The van der Waals surface area contributed by atoms with Gasteiger partial charge in [-0.3, -0.25) is 4.79 Å². The molecule has 0 radical (unpaired) electrons. The van der Waals surface area contributed by atoms with E-state index in [4.69, 9.17) is 9.47 Å². The first-order chi connectivity index (χ1) is 13.1. The van der Waals surface area contributed by atoms with Gasteiger partial charge in [-0.25, -0.2) is 0 Å². The summed E-state index contributed by atoms with van der Waals surface area (Å²) in [5.41, 5.74) is 0.877. The van der Waals surface area contributed by atoms with Crippen LogP contribution in [0.25, 0.3) is 0 Å². The van der Waals surface area contributed by atoms with Crippen molar-refractivity contribution in [2.24, 2.45) is 0 Å². The molecular formula is C19H19N3O3S2. The fraction of sp³-hybridized carbons (Fsp3) is 0.211. The molecule has 1 aromatic heterocycles. The monoisotopic (exact) mass is 401 g/mol. The number of para-hydroxylation sites is 1. The smallest absolute Gasteiger partial charge is 0.316 e. The average molecular weight is 402 g/mol. The van der Waals surface area contributed by atoms with Crippen molar-refractivity contribution in [1.82, 2.24) is 10.2 Å². The standard InChI is InChI=1S/C19H19N3O3S2/c1-13(2)24-17(23)12-26-19-22-21-18(27-19)20-14-8-10-16(11-9-14)25-15-6-4-3-5-7-15/h3-11,13H,12H2,1-2H3,(H,20,21). The molecule has 0 atom stereocenters. The molecule has 3 rings (SSSR count). The Morgan fingerprint density at radius 1 is 1.07 bits per heavy atom. The Kier molecular flexibility index (Phi) is 6.67. The zero-order valence-electron chi connectivity index (χ0n) is 14.9. The molecule has 0 aliphatic rings. The first kappa shape index (κ1) is 19.2. The largest absolute Gasteiger partial charge is 0.462 e. The summed E-state index contributed by atoms with van der Waals surface area (Å²) in [5, 5.41) is 12.0. The fourth-order valence-electron chi connectivity index (χ4n) is 2.09. The van der Waals surface area contributed by atoms with Crippen molar-refractivity contribution in [3.8, 4) is 11.5 Å². The molecule has 0 saturated heterocycles. The molecule has 1 N–H and O–H groups in total. The topological polar surface area (TPSA) is 73.3 Å². The number of nitrogens with one attached hydrogen (secondary N) is 1. The molecule has 0 unspecified atom stereocenters. The second-order valence-corrected chi connectivity index (χ2v) is 7.96. The predicted octanol–water partition coefficient (Wildman–Crippen LogP) is 5.12. The van der Waals surface area contributed by atoms with E-state index in [1.54, 1.807) is 0 Å². The van der Waals surface area contributed by atoms with E-state index < -0.39 is 0 Å². The summed E-state index contributed by atoms with van der Waals surface area (Å²) >= 11 is 2.70. The van der Waals surface area contributed by atoms with Gasteiger partial charge < -0.3 is 14.8 Å². The van der Waals surface area contributed by atoms with Gasteiger partial charge in [0, 0.05) is 5.69 Å². The number of ether oxygens (including phenoxy) is 2. The highest BCUT2D eigenvalue weighted by atomic mass is 32.2. The van der Waals surface area contributed by atoms with E-state index in [2.05, 4.69) is 15.5 Å². The number of aromatic nitrogens is 2. The van der Waals surface area contributed by atoms with Gasteiger partial charge in [-0.05, 0) is 50.2 Å². The van der Waals surface area contributed by atoms with E-state index >= 15 is 0 Å². The van der Waals surface area contributed by atoms with Crippen LogP contribution in [0, 0.1) is 0 Å². The van der Waals surface area contributed by atoms with E-state index in [1.807, 2.05) is 68.4 Å². The summed E-state index contributed by atoms with van der Waals surface area (Å²) in [6.45, 7) is 3.65. The van der Waals surface area contributed by atoms with Crippen molar-refractivity contribution in [2.45, 2.75) is 24.3 Å². The highest BCUT2D eigenvalue weighted by Crippen LogP contribution is 2.29. The molecular weight excluding hydrogens is 382 g/mol. The molecule has 0 spiro atoms. The van der Waals surface area contributed by atoms with Crippen LogP contribution in [-0.4, -0.2) is 28.0 Å². The van der Waals surface area contributed by atoms with Gasteiger partial charge in [-0.2, -0.15) is 0 Å². The van der Waals surface area contributed by atoms with Crippen molar-refractivity contribution in [3.63, 3.8) is 0 Å². The third-order valence-electron chi connectivity index (χ3n) is 3.17. The van der Waals surface area contributed by atoms with E-state index in [-0.39, 0.29) is 17.8 Å². The number of benzene rings is 2. The lowest BCUT2D eigenvalue weighted by molar-refractivity contribution is -0.144. The van der Waals surface area contributed by atoms with Gasteiger partial charge in [0.15, 0.2) is 4.34 Å². The zero-order valence-corrected chi connectivity index (χ0v) is 16.5. The Morgan fingerprint density at radius 2 is 1.78 bits per heavy atom. The molecule has 0 saturated carbocycles. The average Bonchev–Trinajstić information content (AvgIpc) is 3.09. The van der Waals surface area contributed by atoms with E-state index in [9.17, 15) is 4.79 Å². The molecule has 2 aromatic carbocycles. The second kappa shape index (κ2) is 9.38. The third kappa shape index (κ3) is 6.26. The molecule has 27 heavy (non-hydrogen) atoms. The summed E-state index contributed by atoms with van der Waals surface area (Å²) in [6.07, 6.45) is -0.112. The predicted molar refractivity (Wildman–Crippen MR) is 108 cm³/mol. The molecule has 1 heterocycles. The number of thioether (sulfide) groups is 1. The van der Waals surface area contributed by atoms with Crippen LogP contribution in [0.4, 0.5) is 10.8 Å². The highest BCUT2D eigenvalue weighted by Gasteiger charge is 2.10. The van der Waals surface area contributed by atoms with E-state index in [1.165, 1.54) is 23.1 Å². The maximum atomic E-state index is 11.6. The van der Waals surface area contributed by atoms with Crippen molar-refractivity contribution in [2.75, 3.05) is 11.1 Å². The SMILES string of the molecule is CC(C)OC(=O)CSc1nnc(Nc2ccc(Oc3ccccc3)cc2)s1. The molecule has 140 valence electrons. The molecule has 8 heteroatoms. The number of esters is 1. The van der Waals surface area contributed by atoms with Gasteiger partial charge >= 0.3 is 5.97 Å². The molecule has 6 nitrogen and oxygen atoms in total. The van der Waals surface area contributed by atoms with Crippen LogP contribution in [0.1, 0.15) is 13.8 Å². The maximum Gasteiger partial charge on any atom is 0.316 e. The van der Waals surface area contributed by atoms with Crippen LogP contribution in [0.3, 0.4) is 0 Å². The van der Waals surface area contributed by atoms with E-state index in [0.29, 0.717) is 9.47 Å². The van der Waals surface area contributed by atoms with Gasteiger partial charge in [0.1, 0.15) is 11.5 Å². The number of nitrogens with zero attached hydrogens (tertiary/aromatic N) is 2. The minimum atomic E-state index is -0.256. The van der Waals surface area contributed by atoms with Crippen molar-refractivity contribution in [1.29, 1.82) is 0 Å². The number of rotatable bonds is 8. The summed E-state index contributed by atoms with van der Waals surface area (Å²) in [5.74, 6) is 1.51. The minimum absolute atomic E-state index is 0.112. The van der Waals surface area contributed by atoms with Gasteiger partial charge in [-0.15, -0.1) is 10.2 Å². The van der Waals surface area contributed by atoms with Crippen LogP contribution in [-0.2, 0) is 9.53 Å². The maximum absolute atomic E-state index is 11.6. The van der Waals surface area contributed by atoms with Crippen LogP contribution in [0.15, 0.2) is 58.9 Å². The number of hydrogen-bond acceptors (Lipinski definition) is 8. The summed E-state index contributed by atoms with van der Waals surface area (Å²) in [6, 6.07) is 17.2. The second-order valence-electron chi connectivity index (χ2n) is 5.76. The lowest BCUT2D eigenvalue weighted by Gasteiger charge is -2.07. The Morgan fingerprint density at radius 3 is 2.48 bits per heavy atom. The fourth-order valence-corrected chi connectivity index (χ4v) is 3.65. The summed E-state index contributed by atoms with van der Waals surface area (Å²) < 4.78 is 11.6. The Balaban J connectivity index is 1.52. The molecule has 0 amide bonds. The zero-order chi connectivity index (χ0) is 19.1. The quantitative estimate of drug-likeness (QED) is 0.415. The van der Waals surface area contributed by atoms with Gasteiger partial charge in [-0.1, -0.05) is 41.3 Å². The Hall–Kier alpha value is -2.58. The summed E-state index contributed by atoms with van der Waals surface area (Å²) in [7, 11) is 0. The number of carbonyl (C=O) groups is 1. The van der Waals surface area contributed by atoms with E-state index in [0.717, 1.165) is 17.2 Å². The van der Waals surface area contributed by atoms with Crippen molar-refractivity contribution in [3.05, 3.63) is 54.6 Å². The van der Waals surface area contributed by atoms with Crippen LogP contribution >= 0.6 is 23.1 Å². The lowest BCUT2D eigenvalue weighted by atomic mass is 10.3. The lowest BCUT2D eigenvalue weighted by Crippen LogP contribution is -2.13. The van der Waals surface area contributed by atoms with Gasteiger partial charge in [0.05, 0.1) is 11.9 Å². The molecule has 0 aliphatic heterocycles. The van der Waals surface area contributed by atoms with Crippen molar-refractivity contribution >= 4 is 39.9 Å². The van der Waals surface area contributed by atoms with Crippen LogP contribution < -0.4 is 10.1 Å². The first-order valence-corrected chi connectivity index (χ1v) is 10.1. The normalized spacial score (nSPS) is 10.6. The van der Waals surface area contributed by atoms with Crippen LogP contribution in [0.5, 0.6) is 11.5 Å². The molecule has 3 aromatic rings. The van der Waals surface area contributed by atoms with Gasteiger partial charge in [0.2, 0.25) is 5.13 Å². The van der Waals surface area contributed by atoms with Gasteiger partial charge in [0.25, 0.3) is 0 Å². The Labute approximate surface area is 165 Å². The van der Waals surface area contributed by atoms with Crippen molar-refractivity contribution < 1.29 is 14.3 Å². The molecule has 0 aliphatic carbocycles. The third-order valence-corrected chi connectivity index (χ3v) is 5.12. The Bertz CT molecular complexity index is 867. The highest BCUT2D eigenvalue weighted by molar-refractivity contribution is 8.01. The molecule has 0 bridgehead atoms. The summed E-state index contributed by atoms with van der Waals surface area (Å²) in [4.78, 5) is 11.6.